The highest BCUT2D eigenvalue weighted by Gasteiger charge is 2.44. The fraction of sp³-hybridized carbons (Fsp3) is 0.647. The minimum absolute atomic E-state index is 0.0506. The molecule has 3 rings (SSSR count). The summed E-state index contributed by atoms with van der Waals surface area (Å²) in [6, 6.07) is 3.75. The van der Waals surface area contributed by atoms with Crippen molar-refractivity contribution < 1.29 is 9.90 Å². The summed E-state index contributed by atoms with van der Waals surface area (Å²) < 4.78 is 0. The van der Waals surface area contributed by atoms with E-state index in [2.05, 4.69) is 4.98 Å². The zero-order valence-electron chi connectivity index (χ0n) is 13.0. The highest BCUT2D eigenvalue weighted by atomic mass is 16.3. The van der Waals surface area contributed by atoms with Crippen LogP contribution in [0.15, 0.2) is 12.3 Å². The predicted octanol–water partition coefficient (Wildman–Crippen LogP) is 2.43. The number of hydrogen-bond donors (Lipinski definition) is 2. The molecule has 1 aromatic rings. The number of aliphatic hydroxyl groups is 1. The molecule has 0 bridgehead atoms. The average molecular weight is 301 g/mol. The summed E-state index contributed by atoms with van der Waals surface area (Å²) in [6.45, 7) is 2.65. The Kier molecular flexibility index (Phi) is 3.96. The number of hydrogen-bond acceptors (Lipinski definition) is 3. The Morgan fingerprint density at radius 2 is 2.27 bits per heavy atom. The smallest absolute Gasteiger partial charge is 0.270 e. The minimum Gasteiger partial charge on any atom is -0.390 e. The first-order chi connectivity index (χ1) is 10.5. The van der Waals surface area contributed by atoms with Crippen molar-refractivity contribution in [1.82, 2.24) is 9.88 Å². The lowest BCUT2D eigenvalue weighted by molar-refractivity contribution is -0.0578. The quantitative estimate of drug-likeness (QED) is 0.880. The van der Waals surface area contributed by atoms with Crippen molar-refractivity contribution >= 4 is 5.91 Å². The van der Waals surface area contributed by atoms with Crippen LogP contribution in [0.4, 0.5) is 0 Å². The molecule has 1 aliphatic heterocycles. The number of rotatable bonds is 2. The van der Waals surface area contributed by atoms with Crippen LogP contribution in [-0.2, 0) is 0 Å². The number of carbonyl (C=O) groups excluding carboxylic acids is 1. The van der Waals surface area contributed by atoms with E-state index in [-0.39, 0.29) is 17.9 Å². The molecule has 22 heavy (non-hydrogen) atoms. The fourth-order valence-corrected chi connectivity index (χ4v) is 4.15. The van der Waals surface area contributed by atoms with Crippen LogP contribution in [0.25, 0.3) is 0 Å². The number of aromatic amines is 1. The van der Waals surface area contributed by atoms with Crippen molar-refractivity contribution in [3.63, 3.8) is 0 Å². The van der Waals surface area contributed by atoms with Gasteiger partial charge in [-0.2, -0.15) is 5.26 Å². The predicted molar refractivity (Wildman–Crippen MR) is 82.1 cm³/mol. The van der Waals surface area contributed by atoms with E-state index < -0.39 is 5.60 Å². The summed E-state index contributed by atoms with van der Waals surface area (Å²) in [5.74, 6) is 0.100. The van der Waals surface area contributed by atoms with Crippen LogP contribution in [0.2, 0.25) is 0 Å². The van der Waals surface area contributed by atoms with Crippen molar-refractivity contribution in [2.24, 2.45) is 5.92 Å². The molecule has 5 heteroatoms. The van der Waals surface area contributed by atoms with Gasteiger partial charge >= 0.3 is 0 Å². The molecule has 0 unspecified atom stereocenters. The summed E-state index contributed by atoms with van der Waals surface area (Å²) in [5, 5.41) is 19.6. The first kappa shape index (κ1) is 15.1. The van der Waals surface area contributed by atoms with E-state index in [0.717, 1.165) is 45.1 Å². The van der Waals surface area contributed by atoms with E-state index in [1.807, 2.05) is 17.9 Å². The number of amides is 1. The largest absolute Gasteiger partial charge is 0.390 e. The van der Waals surface area contributed by atoms with Gasteiger partial charge in [-0.1, -0.05) is 12.8 Å². The van der Waals surface area contributed by atoms with Crippen LogP contribution in [0.1, 0.15) is 61.5 Å². The molecule has 5 nitrogen and oxygen atoms in total. The zero-order valence-corrected chi connectivity index (χ0v) is 13.0. The normalized spacial score (nSPS) is 32.0. The van der Waals surface area contributed by atoms with Gasteiger partial charge in [0.25, 0.3) is 5.91 Å². The number of likely N-dealkylation sites (tertiary alicyclic amines) is 1. The molecule has 2 N–H and O–H groups in total. The van der Waals surface area contributed by atoms with Gasteiger partial charge in [0.1, 0.15) is 11.8 Å². The SMILES string of the molecule is C[C@]1(O)CCCC[C@@H]1[C@H]1CCCN1C(=O)c1cc(C#N)c[nH]1. The van der Waals surface area contributed by atoms with Crippen molar-refractivity contribution in [3.05, 3.63) is 23.5 Å². The molecule has 1 saturated heterocycles. The molecular formula is C17H23N3O2. The summed E-state index contributed by atoms with van der Waals surface area (Å²) in [5.41, 5.74) is 0.266. The van der Waals surface area contributed by atoms with Crippen LogP contribution >= 0.6 is 0 Å². The van der Waals surface area contributed by atoms with Gasteiger partial charge in [0.05, 0.1) is 11.2 Å². The zero-order chi connectivity index (χ0) is 15.7. The Balaban J connectivity index is 1.80. The van der Waals surface area contributed by atoms with Crippen LogP contribution in [0.5, 0.6) is 0 Å². The molecule has 1 amide bonds. The van der Waals surface area contributed by atoms with Gasteiger partial charge in [0, 0.05) is 24.7 Å². The molecule has 3 atom stereocenters. The van der Waals surface area contributed by atoms with E-state index >= 15 is 0 Å². The highest BCUT2D eigenvalue weighted by Crippen LogP contribution is 2.41. The second kappa shape index (κ2) is 5.77. The fourth-order valence-electron chi connectivity index (χ4n) is 4.15. The molecule has 2 aliphatic rings. The van der Waals surface area contributed by atoms with Crippen LogP contribution < -0.4 is 0 Å². The van der Waals surface area contributed by atoms with Crippen molar-refractivity contribution in [2.75, 3.05) is 6.54 Å². The minimum atomic E-state index is -0.681. The van der Waals surface area contributed by atoms with Crippen LogP contribution in [0.3, 0.4) is 0 Å². The second-order valence-electron chi connectivity index (χ2n) is 6.83. The molecule has 1 saturated carbocycles. The summed E-state index contributed by atoms with van der Waals surface area (Å²) in [4.78, 5) is 17.5. The third-order valence-electron chi connectivity index (χ3n) is 5.31. The molecule has 0 aromatic carbocycles. The van der Waals surface area contributed by atoms with Crippen molar-refractivity contribution in [2.45, 2.75) is 57.1 Å². The number of aromatic nitrogens is 1. The van der Waals surface area contributed by atoms with Gasteiger partial charge in [-0.25, -0.2) is 0 Å². The topological polar surface area (TPSA) is 80.1 Å². The highest BCUT2D eigenvalue weighted by molar-refractivity contribution is 5.93. The van der Waals surface area contributed by atoms with Crippen molar-refractivity contribution in [3.8, 4) is 6.07 Å². The van der Waals surface area contributed by atoms with Gasteiger partial charge in [-0.15, -0.1) is 0 Å². The third kappa shape index (κ3) is 2.64. The molecular weight excluding hydrogens is 278 g/mol. The van der Waals surface area contributed by atoms with Crippen LogP contribution in [-0.4, -0.2) is 39.1 Å². The Morgan fingerprint density at radius 3 is 2.95 bits per heavy atom. The lowest BCUT2D eigenvalue weighted by Crippen LogP contribution is -2.50. The van der Waals surface area contributed by atoms with E-state index in [0.29, 0.717) is 11.3 Å². The Hall–Kier alpha value is -1.80. The first-order valence-corrected chi connectivity index (χ1v) is 8.15. The monoisotopic (exact) mass is 301 g/mol. The lowest BCUT2D eigenvalue weighted by atomic mass is 9.72. The Morgan fingerprint density at radius 1 is 1.45 bits per heavy atom. The summed E-state index contributed by atoms with van der Waals surface area (Å²) >= 11 is 0. The van der Waals surface area contributed by atoms with Gasteiger partial charge in [0.2, 0.25) is 0 Å². The summed E-state index contributed by atoms with van der Waals surface area (Å²) in [6.07, 6.45) is 7.49. The van der Waals surface area contributed by atoms with Gasteiger partial charge in [-0.3, -0.25) is 4.79 Å². The molecule has 1 aliphatic carbocycles. The van der Waals surface area contributed by atoms with E-state index in [9.17, 15) is 9.90 Å². The third-order valence-corrected chi connectivity index (χ3v) is 5.31. The number of nitrogens with one attached hydrogen (secondary N) is 1. The maximum atomic E-state index is 12.7. The molecule has 118 valence electrons. The van der Waals surface area contributed by atoms with E-state index in [1.54, 1.807) is 12.3 Å². The first-order valence-electron chi connectivity index (χ1n) is 8.15. The van der Waals surface area contributed by atoms with Crippen LogP contribution in [0, 0.1) is 17.2 Å². The maximum Gasteiger partial charge on any atom is 0.270 e. The van der Waals surface area contributed by atoms with Gasteiger partial charge < -0.3 is 15.0 Å². The molecule has 0 radical (unpaired) electrons. The number of carbonyl (C=O) groups is 1. The number of nitrogens with zero attached hydrogens (tertiary/aromatic N) is 2. The number of H-pyrrole nitrogens is 1. The molecule has 2 fully saturated rings. The Bertz CT molecular complexity index is 599. The van der Waals surface area contributed by atoms with Gasteiger partial charge in [0.15, 0.2) is 0 Å². The molecule has 0 spiro atoms. The maximum absolute atomic E-state index is 12.7. The average Bonchev–Trinajstić information content (AvgIpc) is 3.15. The van der Waals surface area contributed by atoms with E-state index in [4.69, 9.17) is 5.26 Å². The summed E-state index contributed by atoms with van der Waals surface area (Å²) in [7, 11) is 0. The molecule has 1 aromatic heterocycles. The molecule has 2 heterocycles. The number of nitriles is 1. The Labute approximate surface area is 130 Å². The standard InChI is InChI=1S/C17H23N3O2/c1-17(22)7-3-2-5-13(17)15-6-4-8-20(15)16(21)14-9-12(10-18)11-19-14/h9,11,13,15,19,22H,2-8H2,1H3/t13-,15-,17+/m1/s1. The second-order valence-corrected chi connectivity index (χ2v) is 6.83. The van der Waals surface area contributed by atoms with Gasteiger partial charge in [-0.05, 0) is 38.7 Å². The van der Waals surface area contributed by atoms with E-state index in [1.165, 1.54) is 0 Å². The lowest BCUT2D eigenvalue weighted by Gasteiger charge is -2.43. The van der Waals surface area contributed by atoms with Crippen molar-refractivity contribution in [1.29, 1.82) is 5.26 Å².